The predicted octanol–water partition coefficient (Wildman–Crippen LogP) is 3.17. The van der Waals surface area contributed by atoms with Gasteiger partial charge in [0, 0.05) is 41.9 Å². The molecule has 1 saturated heterocycles. The van der Waals surface area contributed by atoms with Crippen molar-refractivity contribution >= 4 is 23.3 Å². The lowest BCUT2D eigenvalue weighted by Crippen LogP contribution is -2.43. The maximum Gasteiger partial charge on any atom is 0.223 e. The number of piperidine rings is 1. The first-order chi connectivity index (χ1) is 10.9. The summed E-state index contributed by atoms with van der Waals surface area (Å²) < 4.78 is 0. The number of hydrogen-bond acceptors (Lipinski definition) is 3. The Kier molecular flexibility index (Phi) is 6.19. The first-order valence-electron chi connectivity index (χ1n) is 8.14. The first kappa shape index (κ1) is 18.0. The van der Waals surface area contributed by atoms with Crippen LogP contribution in [-0.2, 0) is 4.79 Å². The van der Waals surface area contributed by atoms with Crippen molar-refractivity contribution in [3.63, 3.8) is 0 Å². The summed E-state index contributed by atoms with van der Waals surface area (Å²) in [6.45, 7) is 4.85. The summed E-state index contributed by atoms with van der Waals surface area (Å²) in [5, 5.41) is 10.3. The molecule has 1 fully saturated rings. The number of hydrogen-bond donors (Lipinski definition) is 1. The molecule has 1 aliphatic rings. The molecule has 1 aromatic rings. The van der Waals surface area contributed by atoms with Crippen molar-refractivity contribution in [1.29, 1.82) is 0 Å². The van der Waals surface area contributed by atoms with Gasteiger partial charge in [0.2, 0.25) is 5.91 Å². The van der Waals surface area contributed by atoms with Crippen molar-refractivity contribution in [2.75, 3.05) is 13.1 Å². The van der Waals surface area contributed by atoms with Crippen molar-refractivity contribution in [1.82, 2.24) is 4.90 Å². The molecule has 0 radical (unpaired) electrons. The number of carbonyl (C=O) groups is 2. The van der Waals surface area contributed by atoms with E-state index in [1.807, 2.05) is 0 Å². The van der Waals surface area contributed by atoms with Gasteiger partial charge in [-0.15, -0.1) is 0 Å². The molecule has 1 aromatic carbocycles. The van der Waals surface area contributed by atoms with Crippen LogP contribution >= 0.6 is 11.6 Å². The third-order valence-electron chi connectivity index (χ3n) is 4.55. The van der Waals surface area contributed by atoms with Crippen LogP contribution in [-0.4, -0.2) is 40.9 Å². The van der Waals surface area contributed by atoms with E-state index in [1.165, 1.54) is 0 Å². The fourth-order valence-electron chi connectivity index (χ4n) is 3.01. The van der Waals surface area contributed by atoms with Gasteiger partial charge >= 0.3 is 0 Å². The maximum absolute atomic E-state index is 12.4. The van der Waals surface area contributed by atoms with Gasteiger partial charge < -0.3 is 10.0 Å². The Bertz CT molecular complexity index is 556. The number of benzene rings is 1. The van der Waals surface area contributed by atoms with E-state index in [-0.39, 0.29) is 29.9 Å². The molecule has 0 unspecified atom stereocenters. The van der Waals surface area contributed by atoms with Crippen molar-refractivity contribution in [2.45, 2.75) is 39.2 Å². The summed E-state index contributed by atoms with van der Waals surface area (Å²) in [6, 6.07) is 6.74. The minimum absolute atomic E-state index is 0.00911. The Labute approximate surface area is 142 Å². The molecule has 0 aliphatic carbocycles. The quantitative estimate of drug-likeness (QED) is 0.840. The summed E-state index contributed by atoms with van der Waals surface area (Å²) in [4.78, 5) is 26.6. The summed E-state index contributed by atoms with van der Waals surface area (Å²) in [7, 11) is 0. The molecule has 1 aliphatic heterocycles. The van der Waals surface area contributed by atoms with Gasteiger partial charge in [-0.2, -0.15) is 0 Å². The smallest absolute Gasteiger partial charge is 0.223 e. The van der Waals surface area contributed by atoms with Crippen LogP contribution in [0.15, 0.2) is 24.3 Å². The normalized spacial score (nSPS) is 20.9. The number of aliphatic hydroxyl groups is 1. The minimum atomic E-state index is -0.404. The van der Waals surface area contributed by atoms with Gasteiger partial charge in [-0.05, 0) is 44.0 Å². The lowest BCUT2D eigenvalue weighted by Gasteiger charge is -2.34. The van der Waals surface area contributed by atoms with E-state index in [4.69, 9.17) is 11.6 Å². The average molecular weight is 338 g/mol. The Hall–Kier alpha value is -1.39. The molecule has 126 valence electrons. The molecule has 1 amide bonds. The third-order valence-corrected chi connectivity index (χ3v) is 4.80. The molecule has 0 saturated carbocycles. The van der Waals surface area contributed by atoms with Crippen LogP contribution in [0.5, 0.6) is 0 Å². The number of amides is 1. The lowest BCUT2D eigenvalue weighted by molar-refractivity contribution is -0.134. The highest BCUT2D eigenvalue weighted by Gasteiger charge is 2.28. The van der Waals surface area contributed by atoms with Crippen LogP contribution in [0, 0.1) is 11.8 Å². The fraction of sp³-hybridized carbons (Fsp3) is 0.556. The Morgan fingerprint density at radius 2 is 1.96 bits per heavy atom. The van der Waals surface area contributed by atoms with Crippen molar-refractivity contribution in [3.05, 3.63) is 34.9 Å². The summed E-state index contributed by atoms with van der Waals surface area (Å²) in [6.07, 6.45) is 1.65. The zero-order chi connectivity index (χ0) is 17.0. The molecule has 5 heteroatoms. The van der Waals surface area contributed by atoms with Crippen LogP contribution in [0.3, 0.4) is 0 Å². The van der Waals surface area contributed by atoms with E-state index in [2.05, 4.69) is 0 Å². The molecular formula is C18H24ClNO3. The van der Waals surface area contributed by atoms with Gasteiger partial charge in [0.1, 0.15) is 0 Å². The number of aliphatic hydroxyl groups excluding tert-OH is 1. The number of likely N-dealkylation sites (tertiary alicyclic amines) is 1. The number of Topliss-reactive ketones (excluding diaryl/α,β-unsaturated/α-hetero) is 1. The summed E-state index contributed by atoms with van der Waals surface area (Å²) in [5.74, 6) is -0.283. The molecule has 23 heavy (non-hydrogen) atoms. The molecule has 4 nitrogen and oxygen atoms in total. The summed E-state index contributed by atoms with van der Waals surface area (Å²) >= 11 is 5.83. The maximum atomic E-state index is 12.4. The molecule has 1 heterocycles. The van der Waals surface area contributed by atoms with Crippen molar-refractivity contribution < 1.29 is 14.7 Å². The SMILES string of the molecule is C[C@H](CC(=O)N1CCC[C@@H]([C@@H](C)O)C1)C(=O)c1ccc(Cl)cc1. The Morgan fingerprint density at radius 1 is 1.30 bits per heavy atom. The highest BCUT2D eigenvalue weighted by atomic mass is 35.5. The number of nitrogens with zero attached hydrogens (tertiary/aromatic N) is 1. The van der Waals surface area contributed by atoms with Crippen LogP contribution in [0.1, 0.15) is 43.5 Å². The van der Waals surface area contributed by atoms with Gasteiger partial charge in [-0.1, -0.05) is 18.5 Å². The molecule has 0 spiro atoms. The Balaban J connectivity index is 1.93. The second-order valence-electron chi connectivity index (χ2n) is 6.46. The van der Waals surface area contributed by atoms with Gasteiger partial charge in [0.15, 0.2) is 5.78 Å². The molecule has 2 rings (SSSR count). The lowest BCUT2D eigenvalue weighted by atomic mass is 9.92. The fourth-order valence-corrected chi connectivity index (χ4v) is 3.14. The van der Waals surface area contributed by atoms with E-state index < -0.39 is 6.10 Å². The third kappa shape index (κ3) is 4.79. The first-order valence-corrected chi connectivity index (χ1v) is 8.52. The largest absolute Gasteiger partial charge is 0.393 e. The zero-order valence-electron chi connectivity index (χ0n) is 13.7. The molecule has 3 atom stereocenters. The molecule has 1 N–H and O–H groups in total. The van der Waals surface area contributed by atoms with Gasteiger partial charge in [-0.25, -0.2) is 0 Å². The average Bonchev–Trinajstić information content (AvgIpc) is 2.54. The van der Waals surface area contributed by atoms with Crippen LogP contribution in [0.2, 0.25) is 5.02 Å². The molecule has 0 bridgehead atoms. The topological polar surface area (TPSA) is 57.6 Å². The molecular weight excluding hydrogens is 314 g/mol. The summed E-state index contributed by atoms with van der Waals surface area (Å²) in [5.41, 5.74) is 0.579. The highest BCUT2D eigenvalue weighted by molar-refractivity contribution is 6.30. The Morgan fingerprint density at radius 3 is 2.57 bits per heavy atom. The number of ketones is 1. The second-order valence-corrected chi connectivity index (χ2v) is 6.90. The van der Waals surface area contributed by atoms with Crippen LogP contribution < -0.4 is 0 Å². The predicted molar refractivity (Wildman–Crippen MR) is 90.5 cm³/mol. The second kappa shape index (κ2) is 7.93. The number of halogens is 1. The number of rotatable bonds is 5. The van der Waals surface area contributed by atoms with Crippen molar-refractivity contribution in [2.24, 2.45) is 11.8 Å². The number of carbonyl (C=O) groups excluding carboxylic acids is 2. The molecule has 0 aromatic heterocycles. The van der Waals surface area contributed by atoms with Gasteiger partial charge in [-0.3, -0.25) is 9.59 Å². The van der Waals surface area contributed by atoms with Gasteiger partial charge in [0.05, 0.1) is 6.10 Å². The van der Waals surface area contributed by atoms with E-state index in [9.17, 15) is 14.7 Å². The zero-order valence-corrected chi connectivity index (χ0v) is 14.4. The standard InChI is InChI=1S/C18H24ClNO3/c1-12(18(23)14-5-7-16(19)8-6-14)10-17(22)20-9-3-4-15(11-20)13(2)21/h5-8,12-13,15,21H,3-4,9-11H2,1-2H3/t12-,13-,15-/m1/s1. The van der Waals surface area contributed by atoms with Gasteiger partial charge in [0.25, 0.3) is 0 Å². The van der Waals surface area contributed by atoms with Crippen LogP contribution in [0.25, 0.3) is 0 Å². The van der Waals surface area contributed by atoms with Crippen molar-refractivity contribution in [3.8, 4) is 0 Å². The monoisotopic (exact) mass is 337 g/mol. The van der Waals surface area contributed by atoms with E-state index in [0.717, 1.165) is 12.8 Å². The van der Waals surface area contributed by atoms with E-state index in [0.29, 0.717) is 23.7 Å². The highest BCUT2D eigenvalue weighted by Crippen LogP contribution is 2.22. The van der Waals surface area contributed by atoms with E-state index >= 15 is 0 Å². The van der Waals surface area contributed by atoms with E-state index in [1.54, 1.807) is 43.0 Å². The minimum Gasteiger partial charge on any atom is -0.393 e. The van der Waals surface area contributed by atoms with Crippen LogP contribution in [0.4, 0.5) is 0 Å².